The summed E-state index contributed by atoms with van der Waals surface area (Å²) in [7, 11) is 0. The monoisotopic (exact) mass is 300 g/mol. The van der Waals surface area contributed by atoms with E-state index in [2.05, 4.69) is 10.3 Å². The van der Waals surface area contributed by atoms with Crippen molar-refractivity contribution in [3.63, 3.8) is 0 Å². The van der Waals surface area contributed by atoms with Crippen LogP contribution >= 0.6 is 0 Å². The van der Waals surface area contributed by atoms with Crippen molar-refractivity contribution in [1.82, 2.24) is 10.2 Å². The fourth-order valence-corrected chi connectivity index (χ4v) is 2.04. The molecular weight excluding hydrogens is 276 g/mol. The lowest BCUT2D eigenvalue weighted by molar-refractivity contribution is -0.139. The number of guanidine groups is 1. The molecule has 0 spiro atoms. The molecule has 1 aliphatic heterocycles. The summed E-state index contributed by atoms with van der Waals surface area (Å²) >= 11 is 0. The highest BCUT2D eigenvalue weighted by Crippen LogP contribution is 2.21. The number of carboxylic acid groups (broad SMARTS) is 1. The molecule has 0 aliphatic carbocycles. The Bertz CT molecular complexity index is 411. The largest absolute Gasteiger partial charge is 0.480 e. The molecule has 1 saturated heterocycles. The number of hydrogen-bond donors (Lipinski definition) is 3. The van der Waals surface area contributed by atoms with Crippen molar-refractivity contribution < 1.29 is 19.4 Å². The number of carboxylic acids is 1. The number of amides is 2. The maximum Gasteiger partial charge on any atom is 0.341 e. The predicted molar refractivity (Wildman–Crippen MR) is 78.0 cm³/mol. The first-order valence-electron chi connectivity index (χ1n) is 6.89. The van der Waals surface area contributed by atoms with E-state index >= 15 is 0 Å². The molecule has 1 fully saturated rings. The highest BCUT2D eigenvalue weighted by Gasteiger charge is 2.27. The molecule has 1 rings (SSSR count). The van der Waals surface area contributed by atoms with Gasteiger partial charge < -0.3 is 25.8 Å². The summed E-state index contributed by atoms with van der Waals surface area (Å²) in [4.78, 5) is 28.0. The van der Waals surface area contributed by atoms with Crippen LogP contribution in [0.5, 0.6) is 0 Å². The second-order valence-corrected chi connectivity index (χ2v) is 6.17. The van der Waals surface area contributed by atoms with Crippen LogP contribution in [0.1, 0.15) is 27.2 Å². The molecule has 4 N–H and O–H groups in total. The molecule has 0 radical (unpaired) electrons. The minimum Gasteiger partial charge on any atom is -0.480 e. The van der Waals surface area contributed by atoms with E-state index < -0.39 is 18.0 Å². The number of aliphatic imine (C=N–C) groups is 1. The van der Waals surface area contributed by atoms with Gasteiger partial charge in [-0.15, -0.1) is 0 Å². The molecule has 1 aliphatic rings. The van der Waals surface area contributed by atoms with E-state index in [1.54, 1.807) is 4.90 Å². The van der Waals surface area contributed by atoms with Gasteiger partial charge in [0.15, 0.2) is 0 Å². The minimum atomic E-state index is -0.990. The van der Waals surface area contributed by atoms with Crippen molar-refractivity contribution in [2.75, 3.05) is 26.3 Å². The van der Waals surface area contributed by atoms with Gasteiger partial charge in [-0.05, 0) is 11.8 Å². The van der Waals surface area contributed by atoms with Gasteiger partial charge in [0.2, 0.25) is 5.96 Å². The van der Waals surface area contributed by atoms with Crippen LogP contribution in [0.4, 0.5) is 4.79 Å². The van der Waals surface area contributed by atoms with Crippen molar-refractivity contribution in [3.05, 3.63) is 0 Å². The number of aliphatic carboxylic acids is 1. The Balaban J connectivity index is 2.86. The molecule has 1 unspecified atom stereocenters. The van der Waals surface area contributed by atoms with E-state index in [4.69, 9.17) is 10.5 Å². The molecule has 2 amide bonds. The quantitative estimate of drug-likeness (QED) is 0.507. The normalized spacial score (nSPS) is 18.2. The fraction of sp³-hybridized carbons (Fsp3) is 0.769. The smallest absolute Gasteiger partial charge is 0.341 e. The van der Waals surface area contributed by atoms with E-state index in [0.29, 0.717) is 32.7 Å². The maximum atomic E-state index is 11.4. The Hall–Kier alpha value is -1.83. The second-order valence-electron chi connectivity index (χ2n) is 6.17. The molecule has 1 heterocycles. The molecule has 0 aromatic heterocycles. The minimum absolute atomic E-state index is 0.182. The number of nitrogens with one attached hydrogen (secondary N) is 1. The van der Waals surface area contributed by atoms with Gasteiger partial charge in [-0.1, -0.05) is 20.8 Å². The molecule has 0 aromatic rings. The van der Waals surface area contributed by atoms with Crippen LogP contribution in [-0.4, -0.2) is 60.3 Å². The molecule has 21 heavy (non-hydrogen) atoms. The Morgan fingerprint density at radius 1 is 1.38 bits per heavy atom. The van der Waals surface area contributed by atoms with Crippen molar-refractivity contribution in [2.45, 2.75) is 33.2 Å². The van der Waals surface area contributed by atoms with Crippen LogP contribution in [0.3, 0.4) is 0 Å². The Labute approximate surface area is 124 Å². The van der Waals surface area contributed by atoms with Gasteiger partial charge in [-0.25, -0.2) is 9.59 Å². The Morgan fingerprint density at radius 2 is 1.95 bits per heavy atom. The number of hydrogen-bond acceptors (Lipinski definition) is 3. The summed E-state index contributed by atoms with van der Waals surface area (Å²) in [6, 6.07) is -1.70. The third kappa shape index (κ3) is 6.44. The van der Waals surface area contributed by atoms with Gasteiger partial charge in [-0.3, -0.25) is 0 Å². The van der Waals surface area contributed by atoms with Crippen LogP contribution in [0.15, 0.2) is 4.99 Å². The summed E-state index contributed by atoms with van der Waals surface area (Å²) in [6.07, 6.45) is 0.393. The van der Waals surface area contributed by atoms with Gasteiger partial charge >= 0.3 is 12.0 Å². The SMILES string of the molecule is CC(C)(C)CC(N/C(=N/C(N)=O)N1CCOCC1)C(=O)O. The fourth-order valence-electron chi connectivity index (χ4n) is 2.04. The standard InChI is InChI=1S/C13H24N4O4/c1-13(2,3)8-9(10(18)19)15-12(16-11(14)20)17-4-6-21-7-5-17/h9H,4-8H2,1-3H3,(H,18,19)(H3,14,15,16,20). The zero-order valence-electron chi connectivity index (χ0n) is 12.8. The van der Waals surface area contributed by atoms with Crippen molar-refractivity contribution in [3.8, 4) is 0 Å². The third-order valence-corrected chi connectivity index (χ3v) is 2.94. The lowest BCUT2D eigenvalue weighted by Crippen LogP contribution is -2.53. The number of urea groups is 1. The first-order chi connectivity index (χ1) is 9.69. The number of primary amides is 1. The number of carbonyl (C=O) groups excluding carboxylic acids is 1. The summed E-state index contributed by atoms with van der Waals surface area (Å²) in [5.41, 5.74) is 4.93. The van der Waals surface area contributed by atoms with E-state index in [0.717, 1.165) is 0 Å². The zero-order chi connectivity index (χ0) is 16.0. The number of nitrogens with two attached hydrogens (primary N) is 1. The number of ether oxygens (including phenoxy) is 1. The lowest BCUT2D eigenvalue weighted by atomic mass is 9.88. The van der Waals surface area contributed by atoms with Crippen LogP contribution in [0.25, 0.3) is 0 Å². The zero-order valence-corrected chi connectivity index (χ0v) is 12.8. The number of rotatable bonds is 3. The van der Waals surface area contributed by atoms with Crippen molar-refractivity contribution in [2.24, 2.45) is 16.1 Å². The summed E-state index contributed by atoms with van der Waals surface area (Å²) < 4.78 is 5.23. The van der Waals surface area contributed by atoms with Crippen LogP contribution < -0.4 is 11.1 Å². The van der Waals surface area contributed by atoms with Crippen LogP contribution in [-0.2, 0) is 9.53 Å². The topological polar surface area (TPSA) is 117 Å². The summed E-state index contributed by atoms with van der Waals surface area (Å²) in [6.45, 7) is 7.90. The van der Waals surface area contributed by atoms with E-state index in [1.165, 1.54) is 0 Å². The van der Waals surface area contributed by atoms with Gasteiger partial charge in [-0.2, -0.15) is 4.99 Å². The highest BCUT2D eigenvalue weighted by atomic mass is 16.5. The molecule has 0 aromatic carbocycles. The average Bonchev–Trinajstić information content (AvgIpc) is 2.36. The van der Waals surface area contributed by atoms with Gasteiger partial charge in [0.05, 0.1) is 13.2 Å². The lowest BCUT2D eigenvalue weighted by Gasteiger charge is -2.32. The first kappa shape index (κ1) is 17.2. The number of morpholine rings is 1. The second kappa shape index (κ2) is 7.26. The van der Waals surface area contributed by atoms with Crippen LogP contribution in [0.2, 0.25) is 0 Å². The van der Waals surface area contributed by atoms with E-state index in [-0.39, 0.29) is 11.4 Å². The Morgan fingerprint density at radius 3 is 2.38 bits per heavy atom. The molecular formula is C13H24N4O4. The molecule has 1 atom stereocenters. The number of nitrogens with zero attached hydrogens (tertiary/aromatic N) is 2. The van der Waals surface area contributed by atoms with Gasteiger partial charge in [0.25, 0.3) is 0 Å². The molecule has 0 bridgehead atoms. The van der Waals surface area contributed by atoms with Crippen molar-refractivity contribution in [1.29, 1.82) is 0 Å². The molecule has 0 saturated carbocycles. The predicted octanol–water partition coefficient (Wildman–Crippen LogP) is 0.232. The molecule has 120 valence electrons. The van der Waals surface area contributed by atoms with Gasteiger partial charge in [0.1, 0.15) is 6.04 Å². The highest BCUT2D eigenvalue weighted by molar-refractivity contribution is 5.93. The summed E-state index contributed by atoms with van der Waals surface area (Å²) in [5, 5.41) is 12.2. The summed E-state index contributed by atoms with van der Waals surface area (Å²) in [5.74, 6) is -0.794. The van der Waals surface area contributed by atoms with E-state index in [1.807, 2.05) is 20.8 Å². The molecule has 8 heteroatoms. The first-order valence-corrected chi connectivity index (χ1v) is 6.89. The third-order valence-electron chi connectivity index (χ3n) is 2.94. The maximum absolute atomic E-state index is 11.4. The van der Waals surface area contributed by atoms with E-state index in [9.17, 15) is 14.7 Å². The van der Waals surface area contributed by atoms with Gasteiger partial charge in [0, 0.05) is 13.1 Å². The van der Waals surface area contributed by atoms with Crippen molar-refractivity contribution >= 4 is 18.0 Å². The van der Waals surface area contributed by atoms with Crippen LogP contribution in [0, 0.1) is 5.41 Å². The number of carbonyl (C=O) groups is 2. The Kier molecular flexibility index (Phi) is 5.95. The average molecular weight is 300 g/mol. The molecule has 8 nitrogen and oxygen atoms in total.